The lowest BCUT2D eigenvalue weighted by Gasteiger charge is -2.23. The Morgan fingerprint density at radius 1 is 0.958 bits per heavy atom. The summed E-state index contributed by atoms with van der Waals surface area (Å²) in [5.41, 5.74) is 2.69. The summed E-state index contributed by atoms with van der Waals surface area (Å²) < 4.78 is 5.12. The van der Waals surface area contributed by atoms with Crippen LogP contribution in [0.5, 0.6) is 0 Å². The second-order valence-corrected chi connectivity index (χ2v) is 5.68. The molecule has 0 N–H and O–H groups in total. The number of carbonyl (C=O) groups is 1. The number of carbonyl (C=O) groups excluding carboxylic acids is 1. The van der Waals surface area contributed by atoms with Gasteiger partial charge in [-0.1, -0.05) is 48.5 Å². The monoisotopic (exact) mass is 319 g/mol. The number of amides is 1. The highest BCUT2D eigenvalue weighted by atomic mass is 16.5. The van der Waals surface area contributed by atoms with Gasteiger partial charge in [0, 0.05) is 24.6 Å². The van der Waals surface area contributed by atoms with Crippen LogP contribution in [-0.2, 0) is 11.3 Å². The number of hydrogen-bond acceptors (Lipinski definition) is 2. The van der Waals surface area contributed by atoms with E-state index in [0.29, 0.717) is 18.7 Å². The zero-order chi connectivity index (χ0) is 16.9. The van der Waals surface area contributed by atoms with Crippen LogP contribution in [0.3, 0.4) is 0 Å². The molecule has 0 spiro atoms. The van der Waals surface area contributed by atoms with E-state index in [-0.39, 0.29) is 5.91 Å². The number of ether oxygens (including phenoxy) is 1. The van der Waals surface area contributed by atoms with E-state index in [1.807, 2.05) is 60.4 Å². The molecule has 0 bridgehead atoms. The molecule has 0 heterocycles. The van der Waals surface area contributed by atoms with Crippen LogP contribution in [0.15, 0.2) is 66.7 Å². The minimum absolute atomic E-state index is 0.0119. The third-order valence-electron chi connectivity index (χ3n) is 4.13. The minimum Gasteiger partial charge on any atom is -0.380 e. The largest absolute Gasteiger partial charge is 0.380 e. The molecule has 0 saturated heterocycles. The van der Waals surface area contributed by atoms with Gasteiger partial charge < -0.3 is 9.64 Å². The molecule has 0 aliphatic heterocycles. The third-order valence-corrected chi connectivity index (χ3v) is 4.13. The molecule has 1 amide bonds. The fraction of sp³-hybridized carbons (Fsp3) is 0.190. The van der Waals surface area contributed by atoms with Gasteiger partial charge in [0.05, 0.1) is 12.3 Å². The Morgan fingerprint density at radius 2 is 1.67 bits per heavy atom. The van der Waals surface area contributed by atoms with Gasteiger partial charge in [-0.3, -0.25) is 4.79 Å². The lowest BCUT2D eigenvalue weighted by Crippen LogP contribution is -2.30. The van der Waals surface area contributed by atoms with Crippen molar-refractivity contribution in [1.82, 2.24) is 0 Å². The highest BCUT2D eigenvalue weighted by molar-refractivity contribution is 6.10. The van der Waals surface area contributed by atoms with E-state index in [1.165, 1.54) is 0 Å². The number of methoxy groups -OCH3 is 1. The number of anilines is 1. The first-order chi connectivity index (χ1) is 11.7. The summed E-state index contributed by atoms with van der Waals surface area (Å²) in [6, 6.07) is 21.8. The van der Waals surface area contributed by atoms with Gasteiger partial charge in [-0.2, -0.15) is 0 Å². The summed E-state index contributed by atoms with van der Waals surface area (Å²) in [7, 11) is 1.67. The molecule has 122 valence electrons. The van der Waals surface area contributed by atoms with Gasteiger partial charge in [0.15, 0.2) is 0 Å². The predicted octanol–water partition coefficient (Wildman–Crippen LogP) is 4.65. The molecule has 0 radical (unpaired) electrons. The van der Waals surface area contributed by atoms with Crippen LogP contribution in [-0.4, -0.2) is 19.6 Å². The summed E-state index contributed by atoms with van der Waals surface area (Å²) in [4.78, 5) is 14.8. The van der Waals surface area contributed by atoms with Crippen molar-refractivity contribution >= 4 is 22.4 Å². The number of hydrogen-bond donors (Lipinski definition) is 0. The number of fused-ring (bicyclic) bond motifs is 1. The summed E-state index contributed by atoms with van der Waals surface area (Å²) in [5.74, 6) is 0.0119. The van der Waals surface area contributed by atoms with Crippen molar-refractivity contribution in [3.63, 3.8) is 0 Å². The molecule has 24 heavy (non-hydrogen) atoms. The molecule has 0 unspecified atom stereocenters. The summed E-state index contributed by atoms with van der Waals surface area (Å²) in [6.45, 7) is 3.17. The highest BCUT2D eigenvalue weighted by Crippen LogP contribution is 2.27. The molecule has 0 fully saturated rings. The van der Waals surface area contributed by atoms with Crippen molar-refractivity contribution in [2.75, 3.05) is 18.6 Å². The van der Waals surface area contributed by atoms with E-state index in [2.05, 4.69) is 18.2 Å². The first kappa shape index (κ1) is 16.2. The topological polar surface area (TPSA) is 29.5 Å². The van der Waals surface area contributed by atoms with Gasteiger partial charge in [0.25, 0.3) is 5.91 Å². The number of benzene rings is 3. The van der Waals surface area contributed by atoms with Crippen LogP contribution in [0.2, 0.25) is 0 Å². The quantitative estimate of drug-likeness (QED) is 0.685. The molecule has 0 atom stereocenters. The van der Waals surface area contributed by atoms with Crippen LogP contribution in [0, 0.1) is 0 Å². The van der Waals surface area contributed by atoms with Gasteiger partial charge in [-0.05, 0) is 36.1 Å². The smallest absolute Gasteiger partial charge is 0.258 e. The first-order valence-corrected chi connectivity index (χ1v) is 8.12. The molecule has 0 saturated carbocycles. The van der Waals surface area contributed by atoms with Crippen molar-refractivity contribution in [3.05, 3.63) is 77.9 Å². The molecule has 0 aliphatic carbocycles. The highest BCUT2D eigenvalue weighted by Gasteiger charge is 2.17. The van der Waals surface area contributed by atoms with E-state index in [9.17, 15) is 4.79 Å². The fourth-order valence-electron chi connectivity index (χ4n) is 2.93. The lowest BCUT2D eigenvalue weighted by molar-refractivity contribution is 0.0988. The standard InChI is InChI=1S/C21H21NO2/c1-3-22(20-10-6-8-17-7-4-5-9-19(17)20)21(23)18-13-11-16(12-14-18)15-24-2/h4-14H,3,15H2,1-2H3. The minimum atomic E-state index is 0.0119. The summed E-state index contributed by atoms with van der Waals surface area (Å²) in [6.07, 6.45) is 0. The Kier molecular flexibility index (Phi) is 4.92. The first-order valence-electron chi connectivity index (χ1n) is 8.12. The second-order valence-electron chi connectivity index (χ2n) is 5.68. The van der Waals surface area contributed by atoms with Crippen LogP contribution >= 0.6 is 0 Å². The van der Waals surface area contributed by atoms with Crippen molar-refractivity contribution in [3.8, 4) is 0 Å². The van der Waals surface area contributed by atoms with E-state index >= 15 is 0 Å². The van der Waals surface area contributed by atoms with Gasteiger partial charge in [-0.25, -0.2) is 0 Å². The summed E-state index contributed by atoms with van der Waals surface area (Å²) in [5, 5.41) is 2.22. The van der Waals surface area contributed by atoms with Crippen LogP contribution < -0.4 is 4.90 Å². The fourth-order valence-corrected chi connectivity index (χ4v) is 2.93. The zero-order valence-electron chi connectivity index (χ0n) is 14.0. The van der Waals surface area contributed by atoms with Gasteiger partial charge in [0.1, 0.15) is 0 Å². The maximum atomic E-state index is 13.0. The Hall–Kier alpha value is -2.65. The molecular weight excluding hydrogens is 298 g/mol. The van der Waals surface area contributed by atoms with Gasteiger partial charge in [-0.15, -0.1) is 0 Å². The zero-order valence-corrected chi connectivity index (χ0v) is 14.0. The Balaban J connectivity index is 1.96. The van der Waals surface area contributed by atoms with Crippen LogP contribution in [0.25, 0.3) is 10.8 Å². The van der Waals surface area contributed by atoms with Crippen molar-refractivity contribution in [2.45, 2.75) is 13.5 Å². The van der Waals surface area contributed by atoms with Crippen molar-refractivity contribution in [1.29, 1.82) is 0 Å². The molecule has 3 nitrogen and oxygen atoms in total. The maximum Gasteiger partial charge on any atom is 0.258 e. The van der Waals surface area contributed by atoms with E-state index < -0.39 is 0 Å². The van der Waals surface area contributed by atoms with Gasteiger partial charge >= 0.3 is 0 Å². The lowest BCUT2D eigenvalue weighted by atomic mass is 10.1. The molecule has 3 aromatic carbocycles. The van der Waals surface area contributed by atoms with Crippen molar-refractivity contribution in [2.24, 2.45) is 0 Å². The Labute approximate surface area is 142 Å². The molecule has 3 rings (SSSR count). The van der Waals surface area contributed by atoms with E-state index in [4.69, 9.17) is 4.74 Å². The SMILES string of the molecule is CCN(C(=O)c1ccc(COC)cc1)c1cccc2ccccc12. The number of nitrogens with zero attached hydrogens (tertiary/aromatic N) is 1. The normalized spacial score (nSPS) is 10.8. The van der Waals surface area contributed by atoms with Crippen molar-refractivity contribution < 1.29 is 9.53 Å². The predicted molar refractivity (Wildman–Crippen MR) is 98.5 cm³/mol. The molecule has 0 aliphatic rings. The maximum absolute atomic E-state index is 13.0. The molecule has 0 aromatic heterocycles. The molecule has 3 aromatic rings. The van der Waals surface area contributed by atoms with E-state index in [1.54, 1.807) is 7.11 Å². The van der Waals surface area contributed by atoms with Crippen LogP contribution in [0.1, 0.15) is 22.8 Å². The average Bonchev–Trinajstić information content (AvgIpc) is 2.63. The average molecular weight is 319 g/mol. The Bertz CT molecular complexity index is 835. The number of rotatable bonds is 5. The molecular formula is C21H21NO2. The van der Waals surface area contributed by atoms with Crippen LogP contribution in [0.4, 0.5) is 5.69 Å². The second kappa shape index (κ2) is 7.28. The Morgan fingerprint density at radius 3 is 2.38 bits per heavy atom. The summed E-state index contributed by atoms with van der Waals surface area (Å²) >= 11 is 0. The van der Waals surface area contributed by atoms with E-state index in [0.717, 1.165) is 22.0 Å². The third kappa shape index (κ3) is 3.17. The van der Waals surface area contributed by atoms with Gasteiger partial charge in [0.2, 0.25) is 0 Å². The molecule has 3 heteroatoms.